The molecule has 0 radical (unpaired) electrons. The van der Waals surface area contributed by atoms with Gasteiger partial charge in [-0.1, -0.05) is 52.9 Å². The molecular formula is C18H14FN5OS2. The summed E-state index contributed by atoms with van der Waals surface area (Å²) >= 11 is 2.62. The van der Waals surface area contributed by atoms with Gasteiger partial charge in [0.1, 0.15) is 5.82 Å². The maximum absolute atomic E-state index is 13.0. The van der Waals surface area contributed by atoms with Gasteiger partial charge in [-0.3, -0.25) is 4.79 Å². The average molecular weight is 399 g/mol. The lowest BCUT2D eigenvalue weighted by atomic mass is 10.1. The number of benzene rings is 2. The molecule has 4 rings (SSSR count). The van der Waals surface area contributed by atoms with E-state index in [2.05, 4.69) is 20.6 Å². The van der Waals surface area contributed by atoms with Crippen molar-refractivity contribution in [2.24, 2.45) is 0 Å². The molecule has 4 aromatic rings. The Morgan fingerprint density at radius 3 is 2.63 bits per heavy atom. The van der Waals surface area contributed by atoms with Gasteiger partial charge in [-0.05, 0) is 31.2 Å². The highest BCUT2D eigenvalue weighted by atomic mass is 32.2. The van der Waals surface area contributed by atoms with Gasteiger partial charge in [-0.15, -0.1) is 15.3 Å². The standard InChI is InChI=1S/C18H14FN5OS2/c1-11-2-4-12(5-3-11)15(25)10-26-17-21-22-18-24(17)23-16(27-18)20-14-8-6-13(19)7-9-14/h2-9H,10H2,1H3,(H,20,23). The van der Waals surface area contributed by atoms with Crippen molar-refractivity contribution in [1.82, 2.24) is 19.8 Å². The lowest BCUT2D eigenvalue weighted by Gasteiger charge is -2.01. The number of thioether (sulfide) groups is 1. The average Bonchev–Trinajstić information content (AvgIpc) is 3.22. The van der Waals surface area contributed by atoms with Crippen LogP contribution in [0.3, 0.4) is 0 Å². The summed E-state index contributed by atoms with van der Waals surface area (Å²) in [5, 5.41) is 16.9. The Morgan fingerprint density at radius 1 is 1.15 bits per heavy atom. The largest absolute Gasteiger partial charge is 0.330 e. The number of hydrogen-bond acceptors (Lipinski definition) is 7. The van der Waals surface area contributed by atoms with Crippen LogP contribution < -0.4 is 5.32 Å². The molecule has 1 N–H and O–H groups in total. The number of hydrogen-bond donors (Lipinski definition) is 1. The second kappa shape index (κ2) is 7.45. The van der Waals surface area contributed by atoms with Crippen LogP contribution in [-0.4, -0.2) is 31.3 Å². The summed E-state index contributed by atoms with van der Waals surface area (Å²) in [5.74, 6) is -0.0190. The molecule has 0 aliphatic heterocycles. The van der Waals surface area contributed by atoms with Crippen molar-refractivity contribution in [1.29, 1.82) is 0 Å². The van der Waals surface area contributed by atoms with Crippen LogP contribution in [-0.2, 0) is 0 Å². The van der Waals surface area contributed by atoms with Crippen LogP contribution in [0.2, 0.25) is 0 Å². The highest BCUT2D eigenvalue weighted by molar-refractivity contribution is 7.99. The van der Waals surface area contributed by atoms with Gasteiger partial charge in [0, 0.05) is 11.3 Å². The Kier molecular flexibility index (Phi) is 4.87. The zero-order valence-corrected chi connectivity index (χ0v) is 15.9. The minimum Gasteiger partial charge on any atom is -0.330 e. The molecule has 2 aromatic heterocycles. The lowest BCUT2D eigenvalue weighted by molar-refractivity contribution is 0.102. The van der Waals surface area contributed by atoms with Crippen LogP contribution >= 0.6 is 23.1 Å². The zero-order chi connectivity index (χ0) is 18.8. The van der Waals surface area contributed by atoms with Gasteiger partial charge in [0.2, 0.25) is 15.2 Å². The van der Waals surface area contributed by atoms with Crippen molar-refractivity contribution in [2.75, 3.05) is 11.1 Å². The molecule has 0 atom stereocenters. The minimum absolute atomic E-state index is 0.0247. The SMILES string of the molecule is Cc1ccc(C(=O)CSc2nnc3sc(Nc4ccc(F)cc4)nn23)cc1. The molecule has 0 fully saturated rings. The van der Waals surface area contributed by atoms with Gasteiger partial charge in [0.05, 0.1) is 5.75 Å². The first-order chi connectivity index (χ1) is 13.1. The Balaban J connectivity index is 1.46. The van der Waals surface area contributed by atoms with Gasteiger partial charge >= 0.3 is 0 Å². The molecule has 2 heterocycles. The number of carbonyl (C=O) groups excluding carboxylic acids is 1. The predicted molar refractivity (Wildman–Crippen MR) is 105 cm³/mol. The highest BCUT2D eigenvalue weighted by Gasteiger charge is 2.14. The first-order valence-corrected chi connectivity index (χ1v) is 9.86. The summed E-state index contributed by atoms with van der Waals surface area (Å²) in [6, 6.07) is 13.5. The van der Waals surface area contributed by atoms with E-state index in [-0.39, 0.29) is 17.4 Å². The highest BCUT2D eigenvalue weighted by Crippen LogP contribution is 2.26. The third kappa shape index (κ3) is 3.99. The molecule has 9 heteroatoms. The van der Waals surface area contributed by atoms with E-state index < -0.39 is 0 Å². The molecule has 136 valence electrons. The summed E-state index contributed by atoms with van der Waals surface area (Å²) in [5.41, 5.74) is 2.51. The number of fused-ring (bicyclic) bond motifs is 1. The van der Waals surface area contributed by atoms with Crippen molar-refractivity contribution in [2.45, 2.75) is 12.1 Å². The van der Waals surface area contributed by atoms with Crippen LogP contribution in [0.25, 0.3) is 4.96 Å². The Hall–Kier alpha value is -2.78. The molecule has 27 heavy (non-hydrogen) atoms. The number of nitrogens with one attached hydrogen (secondary N) is 1. The molecule has 0 amide bonds. The van der Waals surface area contributed by atoms with Crippen LogP contribution in [0.4, 0.5) is 15.2 Å². The van der Waals surface area contributed by atoms with Crippen LogP contribution in [0.1, 0.15) is 15.9 Å². The van der Waals surface area contributed by atoms with Crippen molar-refractivity contribution in [3.63, 3.8) is 0 Å². The third-order valence-corrected chi connectivity index (χ3v) is 5.50. The van der Waals surface area contributed by atoms with Gasteiger partial charge in [-0.25, -0.2) is 4.39 Å². The zero-order valence-electron chi connectivity index (χ0n) is 14.2. The molecule has 0 saturated heterocycles. The minimum atomic E-state index is -0.296. The summed E-state index contributed by atoms with van der Waals surface area (Å²) in [4.78, 5) is 12.9. The van der Waals surface area contributed by atoms with E-state index in [4.69, 9.17) is 0 Å². The smallest absolute Gasteiger partial charge is 0.237 e. The lowest BCUT2D eigenvalue weighted by Crippen LogP contribution is -2.03. The fourth-order valence-corrected chi connectivity index (χ4v) is 3.94. The van der Waals surface area contributed by atoms with Gasteiger partial charge in [0.25, 0.3) is 0 Å². The monoisotopic (exact) mass is 399 g/mol. The summed E-state index contributed by atoms with van der Waals surface area (Å²) in [7, 11) is 0. The number of rotatable bonds is 6. The first kappa shape index (κ1) is 17.6. The van der Waals surface area contributed by atoms with Crippen molar-refractivity contribution >= 4 is 44.7 Å². The summed E-state index contributed by atoms with van der Waals surface area (Å²) in [6.07, 6.45) is 0. The summed E-state index contributed by atoms with van der Waals surface area (Å²) in [6.45, 7) is 1.98. The van der Waals surface area contributed by atoms with Crippen molar-refractivity contribution < 1.29 is 9.18 Å². The van der Waals surface area contributed by atoms with Crippen molar-refractivity contribution in [3.05, 3.63) is 65.5 Å². The number of Topliss-reactive ketones (excluding diaryl/α,β-unsaturated/α-hetero) is 1. The van der Waals surface area contributed by atoms with E-state index in [1.54, 1.807) is 16.6 Å². The number of nitrogens with zero attached hydrogens (tertiary/aromatic N) is 4. The number of aromatic nitrogens is 4. The molecule has 0 unspecified atom stereocenters. The number of ketones is 1. The van der Waals surface area contributed by atoms with E-state index in [1.807, 2.05) is 31.2 Å². The maximum Gasteiger partial charge on any atom is 0.237 e. The number of halogens is 1. The molecule has 6 nitrogen and oxygen atoms in total. The Labute approximate surface area is 162 Å². The van der Waals surface area contributed by atoms with Gasteiger partial charge in [-0.2, -0.15) is 4.52 Å². The number of anilines is 2. The van der Waals surface area contributed by atoms with Gasteiger partial charge in [0.15, 0.2) is 5.78 Å². The van der Waals surface area contributed by atoms with Gasteiger partial charge < -0.3 is 5.32 Å². The van der Waals surface area contributed by atoms with E-state index >= 15 is 0 Å². The first-order valence-electron chi connectivity index (χ1n) is 8.06. The van der Waals surface area contributed by atoms with E-state index in [0.29, 0.717) is 20.8 Å². The molecule has 0 aliphatic rings. The third-order valence-electron chi connectivity index (χ3n) is 3.76. The van der Waals surface area contributed by atoms with Crippen LogP contribution in [0.5, 0.6) is 0 Å². The number of carbonyl (C=O) groups is 1. The molecule has 0 bridgehead atoms. The Morgan fingerprint density at radius 2 is 1.89 bits per heavy atom. The normalized spacial score (nSPS) is 11.0. The second-order valence-electron chi connectivity index (χ2n) is 5.79. The molecule has 0 spiro atoms. The Bertz CT molecular complexity index is 1090. The van der Waals surface area contributed by atoms with Crippen molar-refractivity contribution in [3.8, 4) is 0 Å². The number of aryl methyl sites for hydroxylation is 1. The van der Waals surface area contributed by atoms with E-state index in [9.17, 15) is 9.18 Å². The molecular weight excluding hydrogens is 385 g/mol. The van der Waals surface area contributed by atoms with Crippen LogP contribution in [0.15, 0.2) is 53.7 Å². The van der Waals surface area contributed by atoms with E-state index in [0.717, 1.165) is 11.3 Å². The molecule has 0 aliphatic carbocycles. The van der Waals surface area contributed by atoms with Crippen LogP contribution in [0, 0.1) is 12.7 Å². The second-order valence-corrected chi connectivity index (χ2v) is 7.69. The van der Waals surface area contributed by atoms with E-state index in [1.165, 1.54) is 35.2 Å². The fraction of sp³-hybridized carbons (Fsp3) is 0.111. The predicted octanol–water partition coefficient (Wildman–Crippen LogP) is 4.35. The quantitative estimate of drug-likeness (QED) is 0.384. The fourth-order valence-electron chi connectivity index (χ4n) is 2.35. The topological polar surface area (TPSA) is 72.2 Å². The molecule has 0 saturated carbocycles. The summed E-state index contributed by atoms with van der Waals surface area (Å²) < 4.78 is 14.6. The molecule has 2 aromatic carbocycles. The maximum atomic E-state index is 13.0.